The molecule has 1 aliphatic heterocycles. The summed E-state index contributed by atoms with van der Waals surface area (Å²) in [5.41, 5.74) is 12.4. The van der Waals surface area contributed by atoms with Gasteiger partial charge in [0.05, 0.1) is 11.4 Å². The van der Waals surface area contributed by atoms with Crippen LogP contribution < -0.4 is 27.0 Å². The predicted octanol–water partition coefficient (Wildman–Crippen LogP) is 2.97. The van der Waals surface area contributed by atoms with E-state index in [1.165, 1.54) is 43.4 Å². The number of hydrogen-bond donors (Lipinski definition) is 4. The Bertz CT molecular complexity index is 880. The van der Waals surface area contributed by atoms with Crippen molar-refractivity contribution in [1.82, 2.24) is 10.3 Å². The molecule has 1 saturated carbocycles. The van der Waals surface area contributed by atoms with Gasteiger partial charge in [0.2, 0.25) is 5.91 Å². The average Bonchev–Trinajstić information content (AvgIpc) is 3.49. The molecule has 2 aromatic rings. The molecule has 1 aliphatic carbocycles. The minimum atomic E-state index is -0.674. The Balaban J connectivity index is 0.000000478. The summed E-state index contributed by atoms with van der Waals surface area (Å²) in [4.78, 5) is 30.3. The quantitative estimate of drug-likeness (QED) is 0.562. The van der Waals surface area contributed by atoms with Gasteiger partial charge in [0.15, 0.2) is 5.13 Å². The van der Waals surface area contributed by atoms with Gasteiger partial charge in [-0.25, -0.2) is 4.98 Å². The first-order valence-corrected chi connectivity index (χ1v) is 11.7. The van der Waals surface area contributed by atoms with Crippen LogP contribution in [0.3, 0.4) is 0 Å². The van der Waals surface area contributed by atoms with Crippen molar-refractivity contribution in [2.75, 3.05) is 36.1 Å². The van der Waals surface area contributed by atoms with Gasteiger partial charge in [-0.15, -0.1) is 11.3 Å². The maximum absolute atomic E-state index is 12.4. The number of hydrogen-bond acceptors (Lipinski definition) is 7. The molecule has 168 valence electrons. The SMILES string of the molecule is C1CCCC1.CNC1(C(N)=O)CCN(c2ccccc2NC(=O)c2csc(N)n2)CC1. The number of primary amides is 1. The van der Waals surface area contributed by atoms with Crippen molar-refractivity contribution >= 4 is 39.7 Å². The van der Waals surface area contributed by atoms with Gasteiger partial charge in [-0.2, -0.15) is 0 Å². The summed E-state index contributed by atoms with van der Waals surface area (Å²) in [6.45, 7) is 1.31. The number of para-hydroxylation sites is 2. The number of aromatic nitrogens is 1. The van der Waals surface area contributed by atoms with Crippen molar-refractivity contribution in [2.24, 2.45) is 5.73 Å². The maximum Gasteiger partial charge on any atom is 0.275 e. The Labute approximate surface area is 187 Å². The zero-order valence-electron chi connectivity index (χ0n) is 18.0. The molecule has 1 aromatic carbocycles. The van der Waals surface area contributed by atoms with E-state index in [9.17, 15) is 9.59 Å². The van der Waals surface area contributed by atoms with Crippen LogP contribution in [0.15, 0.2) is 29.6 Å². The van der Waals surface area contributed by atoms with Gasteiger partial charge in [-0.3, -0.25) is 9.59 Å². The van der Waals surface area contributed by atoms with E-state index in [1.807, 2.05) is 24.3 Å². The van der Waals surface area contributed by atoms with Crippen LogP contribution in [0, 0.1) is 0 Å². The smallest absolute Gasteiger partial charge is 0.275 e. The number of likely N-dealkylation sites (N-methyl/N-ethyl adjacent to an activating group) is 1. The third-order valence-electron chi connectivity index (χ3n) is 6.06. The van der Waals surface area contributed by atoms with Crippen LogP contribution >= 0.6 is 11.3 Å². The maximum atomic E-state index is 12.4. The minimum absolute atomic E-state index is 0.295. The third kappa shape index (κ3) is 5.74. The molecule has 2 aliphatic rings. The fourth-order valence-corrected chi connectivity index (χ4v) is 4.61. The number of thiazole rings is 1. The first-order valence-electron chi connectivity index (χ1n) is 10.8. The molecular weight excluding hydrogens is 412 g/mol. The lowest BCUT2D eigenvalue weighted by molar-refractivity contribution is -0.125. The van der Waals surface area contributed by atoms with Gasteiger partial charge < -0.3 is 27.0 Å². The molecule has 9 heteroatoms. The summed E-state index contributed by atoms with van der Waals surface area (Å²) in [5, 5.41) is 7.95. The van der Waals surface area contributed by atoms with Crippen LogP contribution in [0.5, 0.6) is 0 Å². The van der Waals surface area contributed by atoms with Crippen LogP contribution in [0.1, 0.15) is 55.4 Å². The number of piperidine rings is 1. The van der Waals surface area contributed by atoms with Crippen molar-refractivity contribution in [3.8, 4) is 0 Å². The third-order valence-corrected chi connectivity index (χ3v) is 6.74. The van der Waals surface area contributed by atoms with Gasteiger partial charge in [-0.05, 0) is 32.0 Å². The van der Waals surface area contributed by atoms with Gasteiger partial charge in [-0.1, -0.05) is 44.2 Å². The van der Waals surface area contributed by atoms with E-state index < -0.39 is 5.54 Å². The van der Waals surface area contributed by atoms with Crippen LogP contribution in [0.2, 0.25) is 0 Å². The van der Waals surface area contributed by atoms with E-state index in [0.717, 1.165) is 5.69 Å². The van der Waals surface area contributed by atoms with E-state index in [1.54, 1.807) is 12.4 Å². The predicted molar refractivity (Wildman–Crippen MR) is 126 cm³/mol. The second kappa shape index (κ2) is 10.6. The molecule has 0 bridgehead atoms. The van der Waals surface area contributed by atoms with Crippen molar-refractivity contribution in [1.29, 1.82) is 0 Å². The molecule has 0 unspecified atom stereocenters. The van der Waals surface area contributed by atoms with Crippen LogP contribution in [0.25, 0.3) is 0 Å². The Hall–Kier alpha value is -2.65. The van der Waals surface area contributed by atoms with Crippen molar-refractivity contribution < 1.29 is 9.59 Å². The summed E-state index contributed by atoms with van der Waals surface area (Å²) >= 11 is 1.23. The van der Waals surface area contributed by atoms with Crippen LogP contribution in [-0.2, 0) is 4.79 Å². The van der Waals surface area contributed by atoms with Crippen molar-refractivity contribution in [3.63, 3.8) is 0 Å². The van der Waals surface area contributed by atoms with Crippen molar-refractivity contribution in [3.05, 3.63) is 35.3 Å². The Morgan fingerprint density at radius 3 is 2.23 bits per heavy atom. The second-order valence-corrected chi connectivity index (χ2v) is 8.88. The molecule has 0 radical (unpaired) electrons. The highest BCUT2D eigenvalue weighted by atomic mass is 32.1. The molecule has 31 heavy (non-hydrogen) atoms. The molecule has 1 saturated heterocycles. The molecular formula is C22H32N6O2S. The molecule has 8 nitrogen and oxygen atoms in total. The normalized spacial score (nSPS) is 17.5. The first-order chi connectivity index (χ1) is 14.9. The second-order valence-electron chi connectivity index (χ2n) is 7.99. The summed E-state index contributed by atoms with van der Waals surface area (Å²) in [6.07, 6.45) is 8.70. The number of rotatable bonds is 5. The lowest BCUT2D eigenvalue weighted by Gasteiger charge is -2.41. The highest BCUT2D eigenvalue weighted by Crippen LogP contribution is 2.31. The number of nitrogens with zero attached hydrogens (tertiary/aromatic N) is 2. The zero-order valence-corrected chi connectivity index (χ0v) is 18.8. The highest BCUT2D eigenvalue weighted by molar-refractivity contribution is 7.13. The van der Waals surface area contributed by atoms with Gasteiger partial charge >= 0.3 is 0 Å². The van der Waals surface area contributed by atoms with Gasteiger partial charge in [0.1, 0.15) is 11.2 Å². The zero-order chi connectivity index (χ0) is 22.3. The Morgan fingerprint density at radius 2 is 1.71 bits per heavy atom. The molecule has 2 fully saturated rings. The number of carbonyl (C=O) groups excluding carboxylic acids is 2. The average molecular weight is 445 g/mol. The molecule has 0 atom stereocenters. The highest BCUT2D eigenvalue weighted by Gasteiger charge is 2.38. The number of nitrogens with two attached hydrogens (primary N) is 2. The summed E-state index contributed by atoms with van der Waals surface area (Å²) in [5.74, 6) is -0.633. The van der Waals surface area contributed by atoms with E-state index in [4.69, 9.17) is 11.5 Å². The Kier molecular flexibility index (Phi) is 7.86. The van der Waals surface area contributed by atoms with E-state index in [-0.39, 0.29) is 11.8 Å². The van der Waals surface area contributed by atoms with Crippen molar-refractivity contribution in [2.45, 2.75) is 50.5 Å². The first kappa shape index (κ1) is 23.0. The standard InChI is InChI=1S/C17H22N6O2S.C5H10/c1-20-17(15(18)25)6-8-23(9-7-17)13-5-3-2-4-11(13)21-14(24)12-10-26-16(19)22-12;1-2-4-5-3-1/h2-5,10,20H,6-9H2,1H3,(H2,18,25)(H2,19,22)(H,21,24);1-5H2. The molecule has 2 amide bonds. The Morgan fingerprint density at radius 1 is 1.10 bits per heavy atom. The molecule has 1 aromatic heterocycles. The summed E-state index contributed by atoms with van der Waals surface area (Å²) in [7, 11) is 1.76. The summed E-state index contributed by atoms with van der Waals surface area (Å²) in [6, 6.07) is 7.57. The lowest BCUT2D eigenvalue weighted by atomic mass is 9.86. The molecule has 4 rings (SSSR count). The van der Waals surface area contributed by atoms with Crippen LogP contribution in [-0.4, -0.2) is 42.5 Å². The largest absolute Gasteiger partial charge is 0.375 e. The lowest BCUT2D eigenvalue weighted by Crippen LogP contribution is -2.59. The molecule has 0 spiro atoms. The fraction of sp³-hybridized carbons (Fsp3) is 0.500. The fourth-order valence-electron chi connectivity index (χ4n) is 4.07. The van der Waals surface area contributed by atoms with E-state index >= 15 is 0 Å². The summed E-state index contributed by atoms with van der Waals surface area (Å²) < 4.78 is 0. The number of nitrogens with one attached hydrogen (secondary N) is 2. The van der Waals surface area contributed by atoms with Gasteiger partial charge in [0, 0.05) is 18.5 Å². The molecule has 2 heterocycles. The number of anilines is 3. The topological polar surface area (TPSA) is 126 Å². The monoisotopic (exact) mass is 444 g/mol. The minimum Gasteiger partial charge on any atom is -0.375 e. The van der Waals surface area contributed by atoms with E-state index in [2.05, 4.69) is 20.5 Å². The number of carbonyl (C=O) groups is 2. The van der Waals surface area contributed by atoms with Gasteiger partial charge in [0.25, 0.3) is 5.91 Å². The number of nitrogen functional groups attached to an aromatic ring is 1. The van der Waals surface area contributed by atoms with E-state index in [0.29, 0.717) is 42.4 Å². The number of amides is 2. The molecule has 6 N–H and O–H groups in total. The number of benzene rings is 1. The van der Waals surface area contributed by atoms with Crippen LogP contribution in [0.4, 0.5) is 16.5 Å².